The van der Waals surface area contributed by atoms with E-state index in [9.17, 15) is 0 Å². The Morgan fingerprint density at radius 1 is 0.600 bits per heavy atom. The molecule has 3 heterocycles. The van der Waals surface area contributed by atoms with Crippen LogP contribution in [-0.2, 0) is 46.7 Å². The van der Waals surface area contributed by atoms with Crippen LogP contribution in [0.2, 0.25) is 0 Å². The van der Waals surface area contributed by atoms with Gasteiger partial charge in [-0.3, -0.25) is 9.97 Å². The van der Waals surface area contributed by atoms with E-state index in [-0.39, 0.29) is 21.1 Å². The molecular weight excluding hydrogens is 547 g/mol. The van der Waals surface area contributed by atoms with E-state index in [0.29, 0.717) is 0 Å². The molecule has 0 N–H and O–H groups in total. The summed E-state index contributed by atoms with van der Waals surface area (Å²) in [6, 6.07) is 22.5. The Labute approximate surface area is 198 Å². The van der Waals surface area contributed by atoms with E-state index in [0.717, 1.165) is 48.5 Å². The first-order valence-electron chi connectivity index (χ1n) is 11.1. The maximum atomic E-state index is 4.77. The molecule has 1 aromatic carbocycles. The molecule has 1 aliphatic heterocycles. The Morgan fingerprint density at radius 3 is 1.40 bits per heavy atom. The molecule has 2 nitrogen and oxygen atoms in total. The second-order valence-electron chi connectivity index (χ2n) is 5.99. The average Bonchev–Trinajstić information content (AvgIpc) is 2.78. The molecule has 0 atom stereocenters. The quantitative estimate of drug-likeness (QED) is 0.271. The molecule has 1 aliphatic rings. The van der Waals surface area contributed by atoms with Gasteiger partial charge in [-0.25, -0.2) is 0 Å². The normalized spacial score (nSPS) is 11.4. The number of aromatic nitrogens is 2. The summed E-state index contributed by atoms with van der Waals surface area (Å²) in [5, 5.41) is 0. The number of hydrogen-bond acceptors (Lipinski definition) is 2. The van der Waals surface area contributed by atoms with Crippen molar-refractivity contribution in [1.29, 1.82) is 0 Å². The topological polar surface area (TPSA) is 25.8 Å². The maximum Gasteiger partial charge on any atom is 2.00 e. The predicted octanol–water partition coefficient (Wildman–Crippen LogP) is 6.84. The SMILES string of the molecule is CC.CC.CC.[Pt+2].[c-]1c2cccc1Cc1cccc(n1)C[CH-]Cc1cccc(n1)C2. The van der Waals surface area contributed by atoms with Gasteiger partial charge in [0.05, 0.1) is 0 Å². The molecule has 0 aliphatic carbocycles. The number of pyridine rings is 2. The summed E-state index contributed by atoms with van der Waals surface area (Å²) in [4.78, 5) is 9.55. The van der Waals surface area contributed by atoms with Gasteiger partial charge in [-0.2, -0.15) is 35.4 Å². The number of benzene rings is 1. The number of hydrogen-bond donors (Lipinski definition) is 0. The Kier molecular flexibility index (Phi) is 15.9. The van der Waals surface area contributed by atoms with Crippen LogP contribution in [0.15, 0.2) is 54.6 Å². The van der Waals surface area contributed by atoms with Gasteiger partial charge in [-0.15, -0.1) is 12.8 Å². The van der Waals surface area contributed by atoms with Gasteiger partial charge in [0.15, 0.2) is 0 Å². The third-order valence-corrected chi connectivity index (χ3v) is 4.09. The monoisotopic (exact) mass is 583 g/mol. The molecule has 0 amide bonds. The van der Waals surface area contributed by atoms with Gasteiger partial charge in [-0.05, 0) is 37.1 Å². The largest absolute Gasteiger partial charge is 2.00 e. The van der Waals surface area contributed by atoms with Crippen LogP contribution in [0.4, 0.5) is 0 Å². The first-order valence-corrected chi connectivity index (χ1v) is 11.1. The van der Waals surface area contributed by atoms with Gasteiger partial charge in [0.2, 0.25) is 0 Å². The van der Waals surface area contributed by atoms with E-state index in [2.05, 4.69) is 67.1 Å². The molecule has 3 aromatic rings. The maximum absolute atomic E-state index is 4.77. The smallest absolute Gasteiger partial charge is 0.317 e. The molecule has 0 unspecified atom stereocenters. The van der Waals surface area contributed by atoms with Gasteiger partial charge in [0.1, 0.15) is 0 Å². The summed E-state index contributed by atoms with van der Waals surface area (Å²) in [6.45, 7) is 12.0. The van der Waals surface area contributed by atoms with Gasteiger partial charge >= 0.3 is 21.1 Å². The number of fused-ring (bicyclic) bond motifs is 6. The minimum absolute atomic E-state index is 0. The zero-order valence-corrected chi connectivity index (χ0v) is 21.6. The van der Waals surface area contributed by atoms with E-state index in [1.165, 1.54) is 11.1 Å². The zero-order chi connectivity index (χ0) is 21.5. The third-order valence-electron chi connectivity index (χ3n) is 4.09. The first kappa shape index (κ1) is 28.2. The van der Waals surface area contributed by atoms with Crippen LogP contribution in [0.3, 0.4) is 0 Å². The summed E-state index contributed by atoms with van der Waals surface area (Å²) in [5.74, 6) is 0. The molecule has 4 rings (SSSR count). The molecule has 0 saturated carbocycles. The summed E-state index contributed by atoms with van der Waals surface area (Å²) < 4.78 is 0. The van der Waals surface area contributed by atoms with Gasteiger partial charge in [0.25, 0.3) is 0 Å². The minimum Gasteiger partial charge on any atom is -0.317 e. The standard InChI is InChI=1S/C21H18N2.3C2H6.Pt/c1-5-16-13-17(6-1)15-21-12-4-10-19(23-21)8-2-7-18-9-3-11-20(14-16)22-18;3*1-2;/h1-6,9-12H,7-8,14-15H2;3*1-2H3;/q-2;;;;+2. The van der Waals surface area contributed by atoms with Gasteiger partial charge < -0.3 is 6.42 Å². The Bertz CT molecular complexity index is 766. The van der Waals surface area contributed by atoms with Crippen LogP contribution in [0.25, 0.3) is 0 Å². The summed E-state index contributed by atoms with van der Waals surface area (Å²) in [5.41, 5.74) is 6.82. The van der Waals surface area contributed by atoms with Crippen molar-refractivity contribution in [2.75, 3.05) is 0 Å². The molecule has 0 saturated heterocycles. The molecule has 3 heteroatoms. The van der Waals surface area contributed by atoms with E-state index >= 15 is 0 Å². The second-order valence-corrected chi connectivity index (χ2v) is 5.99. The molecule has 164 valence electrons. The van der Waals surface area contributed by atoms with E-state index < -0.39 is 0 Å². The van der Waals surface area contributed by atoms with Crippen LogP contribution >= 0.6 is 0 Å². The van der Waals surface area contributed by atoms with Crippen LogP contribution < -0.4 is 0 Å². The summed E-state index contributed by atoms with van der Waals surface area (Å²) >= 11 is 0. The van der Waals surface area contributed by atoms with Crippen molar-refractivity contribution in [3.63, 3.8) is 0 Å². The third kappa shape index (κ3) is 9.35. The minimum atomic E-state index is 0. The molecule has 0 spiro atoms. The van der Waals surface area contributed by atoms with Crippen molar-refractivity contribution in [1.82, 2.24) is 9.97 Å². The van der Waals surface area contributed by atoms with Crippen LogP contribution in [0.5, 0.6) is 0 Å². The fraction of sp³-hybridized carbons (Fsp3) is 0.370. The first-order chi connectivity index (χ1) is 14.3. The van der Waals surface area contributed by atoms with Crippen LogP contribution in [0, 0.1) is 12.5 Å². The molecule has 30 heavy (non-hydrogen) atoms. The van der Waals surface area contributed by atoms with Crippen molar-refractivity contribution >= 4 is 0 Å². The fourth-order valence-corrected chi connectivity index (χ4v) is 3.02. The second kappa shape index (κ2) is 16.9. The van der Waals surface area contributed by atoms with Crippen molar-refractivity contribution < 1.29 is 21.1 Å². The summed E-state index contributed by atoms with van der Waals surface area (Å²) in [6.07, 6.45) is 5.67. The van der Waals surface area contributed by atoms with Crippen molar-refractivity contribution in [3.05, 3.63) is 101 Å². The zero-order valence-electron chi connectivity index (χ0n) is 19.3. The molecule has 0 fully saturated rings. The van der Waals surface area contributed by atoms with E-state index in [4.69, 9.17) is 9.97 Å². The molecule has 0 radical (unpaired) electrons. The number of rotatable bonds is 0. The fourth-order valence-electron chi connectivity index (χ4n) is 3.02. The molecule has 6 bridgehead atoms. The Balaban J connectivity index is 0.00000111. The Hall–Kier alpha value is -1.79. The van der Waals surface area contributed by atoms with Crippen LogP contribution in [-0.4, -0.2) is 9.97 Å². The Morgan fingerprint density at radius 2 is 0.967 bits per heavy atom. The average molecular weight is 584 g/mol. The van der Waals surface area contributed by atoms with E-state index in [1.807, 2.05) is 41.5 Å². The summed E-state index contributed by atoms with van der Waals surface area (Å²) in [7, 11) is 0. The molecular formula is C27H36N2Pt. The van der Waals surface area contributed by atoms with Crippen molar-refractivity contribution in [2.45, 2.75) is 67.2 Å². The van der Waals surface area contributed by atoms with Gasteiger partial charge in [0, 0.05) is 22.8 Å². The van der Waals surface area contributed by atoms with Gasteiger partial charge in [-0.1, -0.05) is 53.7 Å². The van der Waals surface area contributed by atoms with E-state index in [1.54, 1.807) is 0 Å². The number of nitrogens with zero attached hydrogens (tertiary/aromatic N) is 2. The van der Waals surface area contributed by atoms with Crippen molar-refractivity contribution in [2.24, 2.45) is 0 Å². The van der Waals surface area contributed by atoms with Crippen molar-refractivity contribution in [3.8, 4) is 0 Å². The predicted molar refractivity (Wildman–Crippen MR) is 125 cm³/mol. The van der Waals surface area contributed by atoms with Crippen LogP contribution in [0.1, 0.15) is 75.4 Å². The molecule has 2 aromatic heterocycles.